The highest BCUT2D eigenvalue weighted by molar-refractivity contribution is 7.99. The number of carbonyl (C=O) groups is 2. The molecule has 1 saturated heterocycles. The van der Waals surface area contributed by atoms with Gasteiger partial charge in [0.05, 0.1) is 12.5 Å². The van der Waals surface area contributed by atoms with Crippen molar-refractivity contribution in [2.24, 2.45) is 5.73 Å². The summed E-state index contributed by atoms with van der Waals surface area (Å²) in [5, 5.41) is 8.82. The molecule has 17 heavy (non-hydrogen) atoms. The fraction of sp³-hybridized carbons (Fsp3) is 0.818. The summed E-state index contributed by atoms with van der Waals surface area (Å²) in [6.45, 7) is 2.58. The highest BCUT2D eigenvalue weighted by Crippen LogP contribution is 2.20. The Morgan fingerprint density at radius 3 is 2.88 bits per heavy atom. The maximum atomic E-state index is 12.0. The van der Waals surface area contributed by atoms with Gasteiger partial charge in [0.25, 0.3) is 0 Å². The Hall–Kier alpha value is -0.750. The third-order valence-corrected chi connectivity index (χ3v) is 4.01. The van der Waals surface area contributed by atoms with Gasteiger partial charge < -0.3 is 15.7 Å². The van der Waals surface area contributed by atoms with Crippen LogP contribution in [0.15, 0.2) is 0 Å². The van der Waals surface area contributed by atoms with E-state index in [2.05, 4.69) is 0 Å². The molecule has 0 aromatic heterocycles. The molecule has 1 fully saturated rings. The Labute approximate surface area is 106 Å². The molecule has 0 spiro atoms. The molecule has 1 rings (SSSR count). The standard InChI is InChI=1S/C11H20N2O3S/c1-2-8(12)5-10(14)13-3-4-17-7-9(13)6-11(15)16/h8-9H,2-7,12H2,1H3,(H,15,16). The maximum Gasteiger partial charge on any atom is 0.305 e. The fourth-order valence-electron chi connectivity index (χ4n) is 1.84. The predicted molar refractivity (Wildman–Crippen MR) is 68.0 cm³/mol. The fourth-order valence-corrected chi connectivity index (χ4v) is 2.90. The van der Waals surface area contributed by atoms with Crippen molar-refractivity contribution in [3.63, 3.8) is 0 Å². The van der Waals surface area contributed by atoms with Gasteiger partial charge in [-0.05, 0) is 6.42 Å². The molecule has 6 heteroatoms. The van der Waals surface area contributed by atoms with Gasteiger partial charge in [-0.2, -0.15) is 11.8 Å². The van der Waals surface area contributed by atoms with Crippen LogP contribution in [-0.4, -0.2) is 52.0 Å². The molecular weight excluding hydrogens is 240 g/mol. The van der Waals surface area contributed by atoms with Crippen LogP contribution in [-0.2, 0) is 9.59 Å². The first-order chi connectivity index (χ1) is 8.04. The van der Waals surface area contributed by atoms with Crippen LogP contribution in [0.3, 0.4) is 0 Å². The summed E-state index contributed by atoms with van der Waals surface area (Å²) in [5.74, 6) is 0.726. The van der Waals surface area contributed by atoms with Crippen molar-refractivity contribution in [3.8, 4) is 0 Å². The number of amides is 1. The van der Waals surface area contributed by atoms with E-state index >= 15 is 0 Å². The zero-order chi connectivity index (χ0) is 12.8. The molecule has 1 amide bonds. The van der Waals surface area contributed by atoms with Crippen molar-refractivity contribution >= 4 is 23.6 Å². The van der Waals surface area contributed by atoms with Crippen molar-refractivity contribution in [2.75, 3.05) is 18.1 Å². The molecule has 0 aromatic carbocycles. The number of thioether (sulfide) groups is 1. The van der Waals surface area contributed by atoms with E-state index < -0.39 is 5.97 Å². The van der Waals surface area contributed by atoms with Gasteiger partial charge in [-0.3, -0.25) is 9.59 Å². The van der Waals surface area contributed by atoms with Crippen molar-refractivity contribution < 1.29 is 14.7 Å². The number of hydrogen-bond donors (Lipinski definition) is 2. The summed E-state index contributed by atoms with van der Waals surface area (Å²) in [6.07, 6.45) is 1.11. The minimum Gasteiger partial charge on any atom is -0.481 e. The lowest BCUT2D eigenvalue weighted by Crippen LogP contribution is -2.48. The van der Waals surface area contributed by atoms with Crippen molar-refractivity contribution in [1.82, 2.24) is 4.90 Å². The lowest BCUT2D eigenvalue weighted by molar-refractivity contribution is -0.140. The number of carboxylic acid groups (broad SMARTS) is 1. The Morgan fingerprint density at radius 1 is 1.59 bits per heavy atom. The van der Waals surface area contributed by atoms with Crippen LogP contribution in [0, 0.1) is 0 Å². The number of nitrogens with two attached hydrogens (primary N) is 1. The Morgan fingerprint density at radius 2 is 2.29 bits per heavy atom. The van der Waals surface area contributed by atoms with Gasteiger partial charge in [0, 0.05) is 30.5 Å². The third kappa shape index (κ3) is 4.55. The molecule has 1 aliphatic heterocycles. The normalized spacial score (nSPS) is 22.2. The first kappa shape index (κ1) is 14.3. The maximum absolute atomic E-state index is 12.0. The summed E-state index contributed by atoms with van der Waals surface area (Å²) in [7, 11) is 0. The van der Waals surface area contributed by atoms with Crippen LogP contribution < -0.4 is 5.73 Å². The molecule has 1 aliphatic rings. The first-order valence-corrected chi connectivity index (χ1v) is 7.04. The van der Waals surface area contributed by atoms with E-state index in [0.29, 0.717) is 18.7 Å². The van der Waals surface area contributed by atoms with Gasteiger partial charge in [-0.15, -0.1) is 0 Å². The van der Waals surface area contributed by atoms with E-state index in [0.717, 1.165) is 12.2 Å². The summed E-state index contributed by atoms with van der Waals surface area (Å²) < 4.78 is 0. The second kappa shape index (κ2) is 6.86. The van der Waals surface area contributed by atoms with Gasteiger partial charge in [-0.1, -0.05) is 6.92 Å². The third-order valence-electron chi connectivity index (χ3n) is 2.92. The van der Waals surface area contributed by atoms with Gasteiger partial charge in [0.2, 0.25) is 5.91 Å². The number of rotatable bonds is 5. The minimum absolute atomic E-state index is 0.00843. The highest BCUT2D eigenvalue weighted by Gasteiger charge is 2.29. The lowest BCUT2D eigenvalue weighted by atomic mass is 10.1. The van der Waals surface area contributed by atoms with Crippen LogP contribution >= 0.6 is 11.8 Å². The zero-order valence-corrected chi connectivity index (χ0v) is 10.9. The van der Waals surface area contributed by atoms with E-state index in [1.807, 2.05) is 6.92 Å². The number of carboxylic acids is 1. The van der Waals surface area contributed by atoms with E-state index in [1.165, 1.54) is 0 Å². The van der Waals surface area contributed by atoms with Crippen molar-refractivity contribution in [1.29, 1.82) is 0 Å². The van der Waals surface area contributed by atoms with Crippen LogP contribution in [0.25, 0.3) is 0 Å². The minimum atomic E-state index is -0.852. The molecule has 0 aliphatic carbocycles. The second-order valence-electron chi connectivity index (χ2n) is 4.29. The average Bonchev–Trinajstić information content (AvgIpc) is 2.28. The Kier molecular flexibility index (Phi) is 5.77. The zero-order valence-electron chi connectivity index (χ0n) is 10.1. The number of carbonyl (C=O) groups excluding carboxylic acids is 1. The summed E-state index contributed by atoms with van der Waals surface area (Å²) in [5.41, 5.74) is 5.76. The van der Waals surface area contributed by atoms with Gasteiger partial charge in [0.15, 0.2) is 0 Å². The van der Waals surface area contributed by atoms with E-state index in [4.69, 9.17) is 10.8 Å². The van der Waals surface area contributed by atoms with Crippen LogP contribution in [0.2, 0.25) is 0 Å². The molecule has 0 saturated carbocycles. The average molecular weight is 260 g/mol. The summed E-state index contributed by atoms with van der Waals surface area (Å²) >= 11 is 1.70. The molecule has 0 radical (unpaired) electrons. The van der Waals surface area contributed by atoms with Crippen LogP contribution in [0.5, 0.6) is 0 Å². The van der Waals surface area contributed by atoms with Gasteiger partial charge >= 0.3 is 5.97 Å². The predicted octanol–water partition coefficient (Wildman–Crippen LogP) is 0.532. The Balaban J connectivity index is 2.57. The van der Waals surface area contributed by atoms with Gasteiger partial charge in [-0.25, -0.2) is 0 Å². The molecule has 3 N–H and O–H groups in total. The molecule has 5 nitrogen and oxygen atoms in total. The topological polar surface area (TPSA) is 83.6 Å². The molecule has 0 aromatic rings. The second-order valence-corrected chi connectivity index (χ2v) is 5.44. The smallest absolute Gasteiger partial charge is 0.305 e. The number of aliphatic carboxylic acids is 1. The summed E-state index contributed by atoms with van der Waals surface area (Å²) in [6, 6.07) is -0.301. The quantitative estimate of drug-likeness (QED) is 0.753. The monoisotopic (exact) mass is 260 g/mol. The number of nitrogens with zero attached hydrogens (tertiary/aromatic N) is 1. The molecular formula is C11H20N2O3S. The van der Waals surface area contributed by atoms with Gasteiger partial charge in [0.1, 0.15) is 0 Å². The van der Waals surface area contributed by atoms with E-state index in [1.54, 1.807) is 16.7 Å². The molecule has 1 heterocycles. The first-order valence-electron chi connectivity index (χ1n) is 5.89. The molecule has 2 unspecified atom stereocenters. The van der Waals surface area contributed by atoms with E-state index in [-0.39, 0.29) is 24.4 Å². The van der Waals surface area contributed by atoms with Crippen LogP contribution in [0.1, 0.15) is 26.2 Å². The van der Waals surface area contributed by atoms with E-state index in [9.17, 15) is 9.59 Å². The lowest BCUT2D eigenvalue weighted by Gasteiger charge is -2.35. The van der Waals surface area contributed by atoms with Crippen LogP contribution in [0.4, 0.5) is 0 Å². The summed E-state index contributed by atoms with van der Waals surface area (Å²) in [4.78, 5) is 24.4. The molecule has 98 valence electrons. The Bertz CT molecular complexity index is 286. The largest absolute Gasteiger partial charge is 0.481 e. The molecule has 0 bridgehead atoms. The highest BCUT2D eigenvalue weighted by atomic mass is 32.2. The van der Waals surface area contributed by atoms with Crippen molar-refractivity contribution in [2.45, 2.75) is 38.3 Å². The number of hydrogen-bond acceptors (Lipinski definition) is 4. The SMILES string of the molecule is CCC(N)CC(=O)N1CCSCC1CC(=O)O. The molecule has 2 atom stereocenters. The van der Waals surface area contributed by atoms with Crippen molar-refractivity contribution in [3.05, 3.63) is 0 Å².